The van der Waals surface area contributed by atoms with Crippen LogP contribution in [0.25, 0.3) is 137 Å². The van der Waals surface area contributed by atoms with E-state index < -0.39 is 0 Å². The third kappa shape index (κ3) is 5.69. The monoisotopic (exact) mass is 827 g/mol. The molecule has 0 N–H and O–H groups in total. The molecule has 3 heterocycles. The van der Waals surface area contributed by atoms with Crippen LogP contribution < -0.4 is 0 Å². The van der Waals surface area contributed by atoms with E-state index in [-0.39, 0.29) is 0 Å². The highest BCUT2D eigenvalue weighted by atomic mass is 16.3. The molecule has 14 aromatic rings. The minimum Gasteiger partial charge on any atom is -0.456 e. The molecule has 0 spiro atoms. The van der Waals surface area contributed by atoms with Crippen molar-refractivity contribution < 1.29 is 8.83 Å². The quantitative estimate of drug-likeness (QED) is 0.173. The lowest BCUT2D eigenvalue weighted by Crippen LogP contribution is -1.98. The molecule has 0 aliphatic carbocycles. The van der Waals surface area contributed by atoms with Crippen LogP contribution in [0.2, 0.25) is 0 Å². The molecule has 0 fully saturated rings. The maximum atomic E-state index is 6.87. The maximum Gasteiger partial charge on any atom is 0.137 e. The number of nitrogens with zero attached hydrogens (tertiary/aromatic N) is 1. The molecule has 0 atom stereocenters. The van der Waals surface area contributed by atoms with Gasteiger partial charge in [-0.1, -0.05) is 140 Å². The fraction of sp³-hybridized carbons (Fsp3) is 0. The summed E-state index contributed by atoms with van der Waals surface area (Å²) in [6.07, 6.45) is 0. The largest absolute Gasteiger partial charge is 0.456 e. The first kappa shape index (κ1) is 35.9. The normalized spacial score (nSPS) is 12.0. The highest BCUT2D eigenvalue weighted by Crippen LogP contribution is 2.45. The number of furan rings is 2. The molecule has 0 amide bonds. The second kappa shape index (κ2) is 13.9. The molecule has 0 unspecified atom stereocenters. The molecule has 0 bridgehead atoms. The van der Waals surface area contributed by atoms with Gasteiger partial charge in [-0.15, -0.1) is 0 Å². The zero-order valence-corrected chi connectivity index (χ0v) is 35.1. The Labute approximate surface area is 373 Å². The molecule has 11 aromatic carbocycles. The van der Waals surface area contributed by atoms with Crippen LogP contribution in [0.5, 0.6) is 0 Å². The Morgan fingerprint density at radius 1 is 0.246 bits per heavy atom. The van der Waals surface area contributed by atoms with Crippen LogP contribution in [-0.2, 0) is 0 Å². The van der Waals surface area contributed by atoms with Crippen LogP contribution in [0.1, 0.15) is 0 Å². The molecule has 14 rings (SSSR count). The third-order valence-electron chi connectivity index (χ3n) is 13.5. The Morgan fingerprint density at radius 2 is 0.769 bits per heavy atom. The minimum atomic E-state index is 0.850. The smallest absolute Gasteiger partial charge is 0.137 e. The molecule has 3 nitrogen and oxygen atoms in total. The summed E-state index contributed by atoms with van der Waals surface area (Å²) in [5.74, 6) is 0. The van der Waals surface area contributed by atoms with E-state index in [9.17, 15) is 0 Å². The van der Waals surface area contributed by atoms with Crippen LogP contribution in [-0.4, -0.2) is 4.57 Å². The first-order valence-electron chi connectivity index (χ1n) is 22.2. The van der Waals surface area contributed by atoms with Gasteiger partial charge in [-0.3, -0.25) is 0 Å². The zero-order valence-electron chi connectivity index (χ0n) is 35.1. The summed E-state index contributed by atoms with van der Waals surface area (Å²) in [4.78, 5) is 0. The summed E-state index contributed by atoms with van der Waals surface area (Å²) in [6, 6.07) is 81.4. The van der Waals surface area contributed by atoms with Gasteiger partial charge in [0.05, 0.1) is 16.7 Å². The first-order valence-corrected chi connectivity index (χ1v) is 22.2. The van der Waals surface area contributed by atoms with Gasteiger partial charge in [0.2, 0.25) is 0 Å². The predicted octanol–water partition coefficient (Wildman–Crippen LogP) is 17.6. The summed E-state index contributed by atoms with van der Waals surface area (Å²) in [5.41, 5.74) is 15.9. The molecule has 0 saturated heterocycles. The topological polar surface area (TPSA) is 31.2 Å². The van der Waals surface area contributed by atoms with Crippen LogP contribution >= 0.6 is 0 Å². The van der Waals surface area contributed by atoms with Crippen molar-refractivity contribution in [3.63, 3.8) is 0 Å². The van der Waals surface area contributed by atoms with E-state index >= 15 is 0 Å². The SMILES string of the molecule is c1ccc(-c2cccc(-c3cc(-c4ccc5c(c4)oc4ccccc45)cc(-c4cc5c(cc4-n4c6ccccc6c6cc7ccccc7cc64)oc4cc6ccccc6cc45)c3)c2)cc1. The Balaban J connectivity index is 1.09. The standard InChI is InChI=1S/C62H37NO2/c1-2-13-38(14-3-1)39-19-12-20-40(27-39)46-28-47(45-25-26-51-50-22-9-11-24-59(50)64-60(51)35-45)30-48(29-46)52-36-55-54-32-42-16-5-7-18-44(42)34-61(54)65-62(55)37-58(52)63-56-23-10-8-21-49(56)53-31-41-15-4-6-17-43(41)33-57(53)63/h1-37H. The van der Waals surface area contributed by atoms with Crippen molar-refractivity contribution in [3.05, 3.63) is 224 Å². The van der Waals surface area contributed by atoms with Crippen LogP contribution in [0.3, 0.4) is 0 Å². The van der Waals surface area contributed by atoms with E-state index in [0.717, 1.165) is 99.4 Å². The Bertz CT molecular complexity index is 4240. The molecule has 0 aliphatic heterocycles. The summed E-state index contributed by atoms with van der Waals surface area (Å²) in [6.45, 7) is 0. The number of hydrogen-bond acceptors (Lipinski definition) is 2. The van der Waals surface area contributed by atoms with Crippen molar-refractivity contribution in [2.75, 3.05) is 0 Å². The lowest BCUT2D eigenvalue weighted by atomic mass is 9.90. The highest BCUT2D eigenvalue weighted by molar-refractivity contribution is 6.16. The highest BCUT2D eigenvalue weighted by Gasteiger charge is 2.22. The zero-order chi connectivity index (χ0) is 42.6. The fourth-order valence-electron chi connectivity index (χ4n) is 10.4. The van der Waals surface area contributed by atoms with E-state index in [1.165, 1.54) is 38.1 Å². The molecule has 3 aromatic heterocycles. The summed E-state index contributed by atoms with van der Waals surface area (Å²) in [7, 11) is 0. The van der Waals surface area contributed by atoms with Crippen LogP contribution in [0.4, 0.5) is 0 Å². The maximum absolute atomic E-state index is 6.87. The molecule has 3 heteroatoms. The van der Waals surface area contributed by atoms with Crippen molar-refractivity contribution in [3.8, 4) is 50.2 Å². The Kier molecular flexibility index (Phi) is 7.69. The van der Waals surface area contributed by atoms with Gasteiger partial charge >= 0.3 is 0 Å². The number of fused-ring (bicyclic) bond motifs is 11. The van der Waals surface area contributed by atoms with Gasteiger partial charge in [-0.05, 0) is 139 Å². The number of para-hydroxylation sites is 2. The summed E-state index contributed by atoms with van der Waals surface area (Å²) < 4.78 is 15.8. The lowest BCUT2D eigenvalue weighted by Gasteiger charge is -2.17. The second-order valence-corrected chi connectivity index (χ2v) is 17.3. The van der Waals surface area contributed by atoms with E-state index in [2.05, 4.69) is 217 Å². The minimum absolute atomic E-state index is 0.850. The van der Waals surface area contributed by atoms with E-state index in [1.54, 1.807) is 0 Å². The molecule has 302 valence electrons. The first-order chi connectivity index (χ1) is 32.2. The van der Waals surface area contributed by atoms with Gasteiger partial charge < -0.3 is 13.4 Å². The van der Waals surface area contributed by atoms with E-state index in [4.69, 9.17) is 8.83 Å². The molecular weight excluding hydrogens is 791 g/mol. The van der Waals surface area contributed by atoms with Crippen molar-refractivity contribution in [2.24, 2.45) is 0 Å². The van der Waals surface area contributed by atoms with Crippen LogP contribution in [0, 0.1) is 0 Å². The van der Waals surface area contributed by atoms with Gasteiger partial charge in [0.25, 0.3) is 0 Å². The van der Waals surface area contributed by atoms with Crippen molar-refractivity contribution in [1.82, 2.24) is 4.57 Å². The average molecular weight is 828 g/mol. The lowest BCUT2D eigenvalue weighted by molar-refractivity contribution is 0.668. The number of hydrogen-bond donors (Lipinski definition) is 0. The predicted molar refractivity (Wildman–Crippen MR) is 272 cm³/mol. The van der Waals surface area contributed by atoms with Crippen molar-refractivity contribution >= 4 is 87.2 Å². The molecule has 0 saturated carbocycles. The summed E-state index contributed by atoms with van der Waals surface area (Å²) in [5, 5.41) is 11.6. The molecular formula is C62H37NO2. The van der Waals surface area contributed by atoms with E-state index in [1.807, 2.05) is 12.1 Å². The van der Waals surface area contributed by atoms with Gasteiger partial charge in [-0.25, -0.2) is 0 Å². The number of rotatable bonds is 5. The van der Waals surface area contributed by atoms with Gasteiger partial charge in [0.15, 0.2) is 0 Å². The summed E-state index contributed by atoms with van der Waals surface area (Å²) >= 11 is 0. The number of benzene rings is 11. The van der Waals surface area contributed by atoms with Gasteiger partial charge in [0, 0.05) is 43.9 Å². The van der Waals surface area contributed by atoms with Crippen molar-refractivity contribution in [1.29, 1.82) is 0 Å². The Hall–Kier alpha value is -8.66. The molecule has 0 aliphatic rings. The van der Waals surface area contributed by atoms with Gasteiger partial charge in [0.1, 0.15) is 22.3 Å². The van der Waals surface area contributed by atoms with E-state index in [0.29, 0.717) is 0 Å². The third-order valence-corrected chi connectivity index (χ3v) is 13.5. The van der Waals surface area contributed by atoms with Crippen LogP contribution in [0.15, 0.2) is 233 Å². The second-order valence-electron chi connectivity index (χ2n) is 17.3. The fourth-order valence-corrected chi connectivity index (χ4v) is 10.4. The molecule has 65 heavy (non-hydrogen) atoms. The number of aromatic nitrogens is 1. The van der Waals surface area contributed by atoms with Crippen molar-refractivity contribution in [2.45, 2.75) is 0 Å². The molecule has 0 radical (unpaired) electrons. The average Bonchev–Trinajstić information content (AvgIpc) is 4.02. The Morgan fingerprint density at radius 3 is 1.57 bits per heavy atom. The van der Waals surface area contributed by atoms with Gasteiger partial charge in [-0.2, -0.15) is 0 Å².